The molecule has 1 aliphatic heterocycles. The lowest BCUT2D eigenvalue weighted by Crippen LogP contribution is -2.24. The van der Waals surface area contributed by atoms with Crippen LogP contribution in [-0.4, -0.2) is 39.7 Å². The van der Waals surface area contributed by atoms with Crippen molar-refractivity contribution in [2.24, 2.45) is 7.05 Å². The Bertz CT molecular complexity index is 734. The molecule has 2 aromatic rings. The van der Waals surface area contributed by atoms with Gasteiger partial charge < -0.3 is 18.8 Å². The monoisotopic (exact) mass is 363 g/mol. The van der Waals surface area contributed by atoms with Gasteiger partial charge in [0.2, 0.25) is 0 Å². The number of esters is 1. The predicted molar refractivity (Wildman–Crippen MR) is 92.9 cm³/mol. The molecule has 7 nitrogen and oxygen atoms in total. The molecule has 1 aromatic heterocycles. The first-order valence-electron chi connectivity index (χ1n) is 8.25. The van der Waals surface area contributed by atoms with Gasteiger partial charge in [0.15, 0.2) is 28.6 Å². The summed E-state index contributed by atoms with van der Waals surface area (Å²) in [4.78, 5) is 11.7. The van der Waals surface area contributed by atoms with Crippen molar-refractivity contribution in [2.45, 2.75) is 31.0 Å². The Hall–Kier alpha value is -2.22. The second-order valence-corrected chi connectivity index (χ2v) is 6.57. The molecule has 0 bridgehead atoms. The number of hydrogen-bond donors (Lipinski definition) is 0. The van der Waals surface area contributed by atoms with E-state index in [1.165, 1.54) is 11.8 Å². The van der Waals surface area contributed by atoms with Gasteiger partial charge in [0.1, 0.15) is 6.61 Å². The molecule has 3 rings (SSSR count). The molecule has 0 amide bonds. The van der Waals surface area contributed by atoms with Gasteiger partial charge in [-0.25, -0.2) is 0 Å². The summed E-state index contributed by atoms with van der Waals surface area (Å²) in [5.41, 5.74) is 0. The number of ether oxygens (including phenoxy) is 3. The van der Waals surface area contributed by atoms with Gasteiger partial charge in [-0.15, -0.1) is 10.2 Å². The minimum atomic E-state index is -0.335. The molecule has 0 saturated heterocycles. The van der Waals surface area contributed by atoms with Crippen LogP contribution in [0, 0.1) is 0 Å². The van der Waals surface area contributed by atoms with E-state index in [1.807, 2.05) is 35.9 Å². The van der Waals surface area contributed by atoms with Gasteiger partial charge >= 0.3 is 5.97 Å². The Morgan fingerprint density at radius 2 is 2.16 bits per heavy atom. The molecule has 0 aliphatic carbocycles. The van der Waals surface area contributed by atoms with Crippen molar-refractivity contribution in [2.75, 3.05) is 19.0 Å². The van der Waals surface area contributed by atoms with Crippen LogP contribution in [0.4, 0.5) is 0 Å². The molecule has 134 valence electrons. The highest BCUT2D eigenvalue weighted by Gasteiger charge is 2.27. The fourth-order valence-corrected chi connectivity index (χ4v) is 3.09. The molecular weight excluding hydrogens is 342 g/mol. The third-order valence-electron chi connectivity index (χ3n) is 3.75. The van der Waals surface area contributed by atoms with Gasteiger partial charge in [-0.1, -0.05) is 37.2 Å². The minimum Gasteiger partial charge on any atom is -0.485 e. The van der Waals surface area contributed by atoms with E-state index in [1.54, 1.807) is 0 Å². The number of carbonyl (C=O) groups is 1. The average Bonchev–Trinajstić information content (AvgIpc) is 3.00. The Balaban J connectivity index is 1.59. The Labute approximate surface area is 150 Å². The Morgan fingerprint density at radius 3 is 2.96 bits per heavy atom. The molecular formula is C17H21N3O4S. The summed E-state index contributed by atoms with van der Waals surface area (Å²) in [5.74, 6) is 2.05. The largest absolute Gasteiger partial charge is 0.485 e. The van der Waals surface area contributed by atoms with Crippen LogP contribution in [0.1, 0.15) is 31.7 Å². The molecule has 1 atom stereocenters. The lowest BCUT2D eigenvalue weighted by Gasteiger charge is -2.25. The van der Waals surface area contributed by atoms with Crippen LogP contribution >= 0.6 is 11.8 Å². The van der Waals surface area contributed by atoms with Gasteiger partial charge in [0.05, 0.1) is 12.4 Å². The lowest BCUT2D eigenvalue weighted by molar-refractivity contribution is -0.140. The quantitative estimate of drug-likeness (QED) is 0.425. The number of hydrogen-bond acceptors (Lipinski definition) is 7. The summed E-state index contributed by atoms with van der Waals surface area (Å²) in [5, 5.41) is 8.99. The molecule has 2 heterocycles. The maximum atomic E-state index is 11.7. The molecule has 0 N–H and O–H groups in total. The smallest absolute Gasteiger partial charge is 0.316 e. The zero-order valence-corrected chi connectivity index (χ0v) is 15.1. The standard InChI is InChI=1S/C17H21N3O4S/c1-3-4-9-22-15(21)11-25-17-19-18-16(20(17)2)14-10-23-12-7-5-6-8-13(12)24-14/h5-8,14H,3-4,9-11H2,1-2H3. The highest BCUT2D eigenvalue weighted by molar-refractivity contribution is 7.99. The van der Waals surface area contributed by atoms with E-state index < -0.39 is 0 Å². The molecule has 1 aromatic carbocycles. The third-order valence-corrected chi connectivity index (χ3v) is 4.74. The van der Waals surface area contributed by atoms with Crippen LogP contribution in [0.15, 0.2) is 29.4 Å². The van der Waals surface area contributed by atoms with Crippen LogP contribution in [0.25, 0.3) is 0 Å². The molecule has 0 saturated carbocycles. The lowest BCUT2D eigenvalue weighted by atomic mass is 10.2. The first kappa shape index (κ1) is 17.6. The van der Waals surface area contributed by atoms with Crippen molar-refractivity contribution >= 4 is 17.7 Å². The van der Waals surface area contributed by atoms with E-state index in [0.717, 1.165) is 18.6 Å². The molecule has 0 fully saturated rings. The van der Waals surface area contributed by atoms with E-state index in [4.69, 9.17) is 14.2 Å². The first-order chi connectivity index (χ1) is 12.2. The molecule has 1 unspecified atom stereocenters. The number of fused-ring (bicyclic) bond motifs is 1. The topological polar surface area (TPSA) is 75.5 Å². The number of thioether (sulfide) groups is 1. The number of nitrogens with zero attached hydrogens (tertiary/aromatic N) is 3. The van der Waals surface area contributed by atoms with Crippen LogP contribution in [0.3, 0.4) is 0 Å². The van der Waals surface area contributed by atoms with Crippen molar-refractivity contribution in [3.63, 3.8) is 0 Å². The number of para-hydroxylation sites is 2. The van der Waals surface area contributed by atoms with Crippen molar-refractivity contribution in [3.05, 3.63) is 30.1 Å². The van der Waals surface area contributed by atoms with E-state index in [0.29, 0.717) is 29.9 Å². The fraction of sp³-hybridized carbons (Fsp3) is 0.471. The van der Waals surface area contributed by atoms with Crippen molar-refractivity contribution in [1.29, 1.82) is 0 Å². The third kappa shape index (κ3) is 4.25. The van der Waals surface area contributed by atoms with Crippen molar-refractivity contribution in [3.8, 4) is 11.5 Å². The molecule has 0 spiro atoms. The number of aromatic nitrogens is 3. The van der Waals surface area contributed by atoms with Crippen LogP contribution in [0.5, 0.6) is 11.5 Å². The maximum absolute atomic E-state index is 11.7. The van der Waals surface area contributed by atoms with Gasteiger partial charge in [0.25, 0.3) is 0 Å². The molecule has 0 radical (unpaired) electrons. The highest BCUT2D eigenvalue weighted by atomic mass is 32.2. The van der Waals surface area contributed by atoms with Crippen molar-refractivity contribution < 1.29 is 19.0 Å². The maximum Gasteiger partial charge on any atom is 0.316 e. The summed E-state index contributed by atoms with van der Waals surface area (Å²) < 4.78 is 18.6. The number of benzene rings is 1. The SMILES string of the molecule is CCCCOC(=O)CSc1nnc(C2COc3ccccc3O2)n1C. The second-order valence-electron chi connectivity index (χ2n) is 5.63. The van der Waals surface area contributed by atoms with E-state index >= 15 is 0 Å². The number of carbonyl (C=O) groups excluding carboxylic acids is 1. The Kier molecular flexibility index (Phi) is 5.80. The highest BCUT2D eigenvalue weighted by Crippen LogP contribution is 2.35. The van der Waals surface area contributed by atoms with Gasteiger partial charge in [-0.05, 0) is 18.6 Å². The first-order valence-corrected chi connectivity index (χ1v) is 9.23. The van der Waals surface area contributed by atoms with Gasteiger partial charge in [0, 0.05) is 7.05 Å². The number of unbranched alkanes of at least 4 members (excludes halogenated alkanes) is 1. The van der Waals surface area contributed by atoms with E-state index in [2.05, 4.69) is 17.1 Å². The zero-order chi connectivity index (χ0) is 17.6. The van der Waals surface area contributed by atoms with Crippen molar-refractivity contribution in [1.82, 2.24) is 14.8 Å². The van der Waals surface area contributed by atoms with E-state index in [9.17, 15) is 4.79 Å². The number of rotatable bonds is 7. The summed E-state index contributed by atoms with van der Waals surface area (Å²) >= 11 is 1.30. The molecule has 8 heteroatoms. The Morgan fingerprint density at radius 1 is 1.36 bits per heavy atom. The minimum absolute atomic E-state index is 0.209. The van der Waals surface area contributed by atoms with Crippen LogP contribution < -0.4 is 9.47 Å². The zero-order valence-electron chi connectivity index (χ0n) is 14.3. The second kappa shape index (κ2) is 8.24. The fourth-order valence-electron chi connectivity index (χ4n) is 2.37. The summed E-state index contributed by atoms with van der Waals surface area (Å²) in [7, 11) is 1.85. The summed E-state index contributed by atoms with van der Waals surface area (Å²) in [6.45, 7) is 2.89. The summed E-state index contributed by atoms with van der Waals surface area (Å²) in [6, 6.07) is 7.53. The predicted octanol–water partition coefficient (Wildman–Crippen LogP) is 2.76. The normalized spacial score (nSPS) is 15.8. The molecule has 1 aliphatic rings. The summed E-state index contributed by atoms with van der Waals surface area (Å²) in [6.07, 6.45) is 1.54. The average molecular weight is 363 g/mol. The molecule has 25 heavy (non-hydrogen) atoms. The van der Waals surface area contributed by atoms with Crippen LogP contribution in [0.2, 0.25) is 0 Å². The van der Waals surface area contributed by atoms with Crippen LogP contribution in [-0.2, 0) is 16.6 Å². The van der Waals surface area contributed by atoms with E-state index in [-0.39, 0.29) is 17.8 Å². The van der Waals surface area contributed by atoms with Gasteiger partial charge in [-0.3, -0.25) is 4.79 Å². The van der Waals surface area contributed by atoms with Gasteiger partial charge in [-0.2, -0.15) is 0 Å².